The Labute approximate surface area is 298 Å². The molecule has 0 aliphatic carbocycles. The lowest BCUT2D eigenvalue weighted by atomic mass is 9.97. The first-order valence-electron chi connectivity index (χ1n) is 17.0. The van der Waals surface area contributed by atoms with E-state index in [0.29, 0.717) is 0 Å². The highest BCUT2D eigenvalue weighted by atomic mass is 32.1. The molecule has 0 amide bonds. The Morgan fingerprint density at radius 2 is 0.961 bits per heavy atom. The summed E-state index contributed by atoms with van der Waals surface area (Å²) in [5.41, 5.74) is 11.0. The summed E-state index contributed by atoms with van der Waals surface area (Å²) in [6.07, 6.45) is 3.60. The predicted octanol–water partition coefficient (Wildman–Crippen LogP) is 12.3. The molecular formula is C46H28N4S. The van der Waals surface area contributed by atoms with Gasteiger partial charge in [-0.15, -0.1) is 11.3 Å². The molecule has 0 N–H and O–H groups in total. The second kappa shape index (κ2) is 12.1. The topological polar surface area (TPSA) is 51.6 Å². The standard InChI is InChI=1S/C46H28N4S/c1-2-10-35-32(9-1)23-24-37-45(35)50-44(43-36-11-3-4-14-42(36)51-46(37)43)33-21-19-30(20-22-33)29-15-17-31(18-16-29)34-27-40(38-12-5-7-25-47-38)49-41(28-34)39-13-6-8-26-48-39/h1-28H. The van der Waals surface area contributed by atoms with Crippen molar-refractivity contribution < 1.29 is 0 Å². The van der Waals surface area contributed by atoms with Gasteiger partial charge in [0.2, 0.25) is 0 Å². The Bertz CT molecular complexity index is 2820. The molecule has 0 bridgehead atoms. The molecule has 0 aliphatic rings. The zero-order valence-electron chi connectivity index (χ0n) is 27.4. The predicted molar refractivity (Wildman–Crippen MR) is 213 cm³/mol. The lowest BCUT2D eigenvalue weighted by Crippen LogP contribution is -1.94. The number of hydrogen-bond acceptors (Lipinski definition) is 5. The molecule has 0 unspecified atom stereocenters. The Hall–Kier alpha value is -6.56. The number of nitrogens with zero attached hydrogens (tertiary/aromatic N) is 4. The molecule has 5 heteroatoms. The van der Waals surface area contributed by atoms with E-state index in [0.717, 1.165) is 61.8 Å². The van der Waals surface area contributed by atoms with E-state index in [4.69, 9.17) is 9.97 Å². The molecule has 5 heterocycles. The third-order valence-corrected chi connectivity index (χ3v) is 10.8. The molecular weight excluding hydrogens is 641 g/mol. The van der Waals surface area contributed by atoms with Crippen molar-refractivity contribution in [1.82, 2.24) is 19.9 Å². The molecule has 5 aromatic carbocycles. The quantitative estimate of drug-likeness (QED) is 0.171. The van der Waals surface area contributed by atoms with Gasteiger partial charge in [-0.2, -0.15) is 0 Å². The summed E-state index contributed by atoms with van der Waals surface area (Å²) in [6.45, 7) is 0. The van der Waals surface area contributed by atoms with Gasteiger partial charge in [-0.1, -0.05) is 115 Å². The summed E-state index contributed by atoms with van der Waals surface area (Å²) in [5, 5.41) is 6.07. The fourth-order valence-corrected chi connectivity index (χ4v) is 8.30. The average Bonchev–Trinajstić information content (AvgIpc) is 3.61. The van der Waals surface area contributed by atoms with E-state index in [-0.39, 0.29) is 0 Å². The maximum atomic E-state index is 5.42. The van der Waals surface area contributed by atoms with Crippen molar-refractivity contribution in [1.29, 1.82) is 0 Å². The van der Waals surface area contributed by atoms with Crippen LogP contribution in [0, 0.1) is 0 Å². The van der Waals surface area contributed by atoms with Gasteiger partial charge in [-0.05, 0) is 70.1 Å². The number of thiophene rings is 1. The molecule has 0 radical (unpaired) electrons. The van der Waals surface area contributed by atoms with Gasteiger partial charge in [0, 0.05) is 48.9 Å². The highest BCUT2D eigenvalue weighted by Gasteiger charge is 2.18. The largest absolute Gasteiger partial charge is 0.255 e. The lowest BCUT2D eigenvalue weighted by molar-refractivity contribution is 1.22. The summed E-state index contributed by atoms with van der Waals surface area (Å²) >= 11 is 1.86. The van der Waals surface area contributed by atoms with Crippen LogP contribution in [-0.4, -0.2) is 19.9 Å². The highest BCUT2D eigenvalue weighted by molar-refractivity contribution is 7.26. The minimum absolute atomic E-state index is 0.816. The molecule has 0 saturated carbocycles. The van der Waals surface area contributed by atoms with E-state index < -0.39 is 0 Å². The minimum atomic E-state index is 0.816. The van der Waals surface area contributed by atoms with Gasteiger partial charge >= 0.3 is 0 Å². The van der Waals surface area contributed by atoms with Crippen molar-refractivity contribution in [3.8, 4) is 56.3 Å². The zero-order valence-corrected chi connectivity index (χ0v) is 28.2. The first-order chi connectivity index (χ1) is 25.3. The Morgan fingerprint density at radius 3 is 1.61 bits per heavy atom. The molecule has 4 nitrogen and oxygen atoms in total. The molecule has 0 atom stereocenters. The zero-order chi connectivity index (χ0) is 33.7. The molecule has 5 aromatic heterocycles. The first kappa shape index (κ1) is 29.4. The van der Waals surface area contributed by atoms with Gasteiger partial charge in [0.05, 0.1) is 34.0 Å². The van der Waals surface area contributed by atoms with E-state index >= 15 is 0 Å². The lowest BCUT2D eigenvalue weighted by Gasteiger charge is -2.11. The molecule has 0 saturated heterocycles. The van der Waals surface area contributed by atoms with Crippen LogP contribution in [0.3, 0.4) is 0 Å². The second-order valence-corrected chi connectivity index (χ2v) is 13.7. The van der Waals surface area contributed by atoms with Crippen LogP contribution in [0.5, 0.6) is 0 Å². The van der Waals surface area contributed by atoms with Gasteiger partial charge < -0.3 is 0 Å². The van der Waals surface area contributed by atoms with E-state index in [2.05, 4.69) is 131 Å². The Morgan fingerprint density at radius 1 is 0.392 bits per heavy atom. The smallest absolute Gasteiger partial charge is 0.0900 e. The maximum Gasteiger partial charge on any atom is 0.0900 e. The first-order valence-corrected chi connectivity index (χ1v) is 17.8. The number of pyridine rings is 4. The van der Waals surface area contributed by atoms with Crippen LogP contribution in [0.15, 0.2) is 170 Å². The fourth-order valence-electron chi connectivity index (χ4n) is 7.07. The summed E-state index contributed by atoms with van der Waals surface area (Å²) in [5.74, 6) is 0. The van der Waals surface area contributed by atoms with E-state index in [9.17, 15) is 0 Å². The number of rotatable bonds is 5. The summed E-state index contributed by atoms with van der Waals surface area (Å²) in [4.78, 5) is 19.5. The average molecular weight is 669 g/mol. The SMILES string of the molecule is c1ccc(-c2cc(-c3ccc(-c4ccc(-c5nc6c7ccccc7ccc6c6sc7ccccc7c56)cc4)cc3)cc(-c3ccccn3)n2)nc1. The van der Waals surface area contributed by atoms with Crippen molar-refractivity contribution in [3.05, 3.63) is 170 Å². The van der Waals surface area contributed by atoms with Crippen molar-refractivity contribution in [2.75, 3.05) is 0 Å². The van der Waals surface area contributed by atoms with E-state index in [1.54, 1.807) is 12.4 Å². The molecule has 0 fully saturated rings. The van der Waals surface area contributed by atoms with Crippen molar-refractivity contribution in [3.63, 3.8) is 0 Å². The molecule has 51 heavy (non-hydrogen) atoms. The van der Waals surface area contributed by atoms with Crippen LogP contribution >= 0.6 is 11.3 Å². The van der Waals surface area contributed by atoms with Gasteiger partial charge in [0.1, 0.15) is 0 Å². The van der Waals surface area contributed by atoms with Crippen LogP contribution in [0.4, 0.5) is 0 Å². The number of benzene rings is 5. The molecule has 10 rings (SSSR count). The normalized spacial score (nSPS) is 11.5. The minimum Gasteiger partial charge on any atom is -0.255 e. The Balaban J connectivity index is 1.04. The van der Waals surface area contributed by atoms with Crippen molar-refractivity contribution in [2.24, 2.45) is 0 Å². The molecule has 0 spiro atoms. The molecule has 10 aromatic rings. The van der Waals surface area contributed by atoms with Gasteiger partial charge in [0.15, 0.2) is 0 Å². The van der Waals surface area contributed by atoms with Gasteiger partial charge in [-0.25, -0.2) is 9.97 Å². The molecule has 0 aliphatic heterocycles. The van der Waals surface area contributed by atoms with Gasteiger partial charge in [0.25, 0.3) is 0 Å². The molecule has 238 valence electrons. The van der Waals surface area contributed by atoms with E-state index in [1.807, 2.05) is 47.7 Å². The van der Waals surface area contributed by atoms with Crippen LogP contribution in [0.2, 0.25) is 0 Å². The number of aromatic nitrogens is 4. The van der Waals surface area contributed by atoms with Crippen LogP contribution in [0.1, 0.15) is 0 Å². The monoisotopic (exact) mass is 668 g/mol. The number of hydrogen-bond donors (Lipinski definition) is 0. The van der Waals surface area contributed by atoms with Crippen LogP contribution < -0.4 is 0 Å². The van der Waals surface area contributed by atoms with Crippen LogP contribution in [0.25, 0.3) is 98.1 Å². The summed E-state index contributed by atoms with van der Waals surface area (Å²) in [6, 6.07) is 55.3. The Kier molecular flexibility index (Phi) is 6.96. The second-order valence-electron chi connectivity index (χ2n) is 12.7. The van der Waals surface area contributed by atoms with Crippen molar-refractivity contribution in [2.45, 2.75) is 0 Å². The van der Waals surface area contributed by atoms with Crippen molar-refractivity contribution >= 4 is 53.2 Å². The fraction of sp³-hybridized carbons (Fsp3) is 0. The third kappa shape index (κ3) is 5.14. The highest BCUT2D eigenvalue weighted by Crippen LogP contribution is 2.44. The maximum absolute atomic E-state index is 5.42. The third-order valence-electron chi connectivity index (χ3n) is 9.59. The summed E-state index contributed by atoms with van der Waals surface area (Å²) in [7, 11) is 0. The number of fused-ring (bicyclic) bond motifs is 7. The van der Waals surface area contributed by atoms with E-state index in [1.165, 1.54) is 36.3 Å². The summed E-state index contributed by atoms with van der Waals surface area (Å²) < 4.78 is 2.57. The van der Waals surface area contributed by atoms with Gasteiger partial charge in [-0.3, -0.25) is 9.97 Å². The van der Waals surface area contributed by atoms with Crippen LogP contribution in [-0.2, 0) is 0 Å².